The molecule has 4 aromatic carbocycles. The van der Waals surface area contributed by atoms with Crippen LogP contribution >= 0.6 is 0 Å². The van der Waals surface area contributed by atoms with E-state index in [0.717, 1.165) is 27.5 Å². The molecular formula is C37H31F3N6O7S2. The lowest BCUT2D eigenvalue weighted by Gasteiger charge is -2.10. The molecule has 0 bridgehead atoms. The van der Waals surface area contributed by atoms with Crippen LogP contribution in [0.1, 0.15) is 16.8 Å². The quantitative estimate of drug-likeness (QED) is 0.126. The second-order valence-electron chi connectivity index (χ2n) is 12.0. The van der Waals surface area contributed by atoms with Crippen LogP contribution in [0.4, 0.5) is 23.7 Å². The summed E-state index contributed by atoms with van der Waals surface area (Å²) < 4.78 is 101. The number of aromatic nitrogens is 4. The fraction of sp³-hybridized carbons (Fsp3) is 0.135. The lowest BCUT2D eigenvalue weighted by atomic mass is 10.2. The molecule has 6 rings (SSSR count). The Morgan fingerprint density at radius 1 is 0.891 bits per heavy atom. The summed E-state index contributed by atoms with van der Waals surface area (Å²) in [5, 5.41) is 2.67. The van der Waals surface area contributed by atoms with E-state index in [1.807, 2.05) is 0 Å². The summed E-state index contributed by atoms with van der Waals surface area (Å²) in [7, 11) is -5.99. The van der Waals surface area contributed by atoms with Crippen molar-refractivity contribution in [2.75, 3.05) is 6.26 Å². The first-order valence-electron chi connectivity index (χ1n) is 16.0. The van der Waals surface area contributed by atoms with Crippen LogP contribution in [-0.4, -0.2) is 47.4 Å². The molecule has 1 amide bonds. The predicted molar refractivity (Wildman–Crippen MR) is 194 cm³/mol. The summed E-state index contributed by atoms with van der Waals surface area (Å²) in [6.07, 6.45) is -0.208. The average Bonchev–Trinajstić information content (AvgIpc) is 3.64. The molecule has 2 aromatic heterocycles. The Bertz CT molecular complexity index is 2700. The molecule has 0 radical (unpaired) electrons. The van der Waals surface area contributed by atoms with Crippen LogP contribution in [0.3, 0.4) is 0 Å². The summed E-state index contributed by atoms with van der Waals surface area (Å²) in [5.41, 5.74) is -0.0744. The monoisotopic (exact) mass is 792 g/mol. The number of rotatable bonds is 7. The molecular weight excluding hydrogens is 762 g/mol. The molecule has 2 heterocycles. The van der Waals surface area contributed by atoms with Gasteiger partial charge in [-0.05, 0) is 67.1 Å². The van der Waals surface area contributed by atoms with Crippen molar-refractivity contribution in [1.82, 2.24) is 19.0 Å². The smallest absolute Gasteiger partial charge is 0.416 e. The molecule has 0 unspecified atom stereocenters. The molecule has 0 saturated carbocycles. The highest BCUT2D eigenvalue weighted by molar-refractivity contribution is 7.90. The third-order valence-corrected chi connectivity index (χ3v) is 10.2. The Kier molecular flexibility index (Phi) is 11.3. The van der Waals surface area contributed by atoms with Crippen molar-refractivity contribution >= 4 is 31.7 Å². The lowest BCUT2D eigenvalue weighted by Crippen LogP contribution is -2.38. The Hall–Kier alpha value is -6.29. The molecule has 0 saturated heterocycles. The number of nitrogens with zero attached hydrogens (tertiary/aromatic N) is 5. The van der Waals surface area contributed by atoms with Crippen LogP contribution in [0.25, 0.3) is 27.7 Å². The number of halogens is 3. The first-order chi connectivity index (χ1) is 25.8. The maximum absolute atomic E-state index is 14.0. The highest BCUT2D eigenvalue weighted by atomic mass is 32.2. The van der Waals surface area contributed by atoms with E-state index in [-0.39, 0.29) is 33.4 Å². The Morgan fingerprint density at radius 3 is 2.07 bits per heavy atom. The van der Waals surface area contributed by atoms with E-state index in [1.54, 1.807) is 58.9 Å². The fourth-order valence-corrected chi connectivity index (χ4v) is 6.66. The van der Waals surface area contributed by atoms with Crippen LogP contribution in [0.5, 0.6) is 0 Å². The Balaban J connectivity index is 0.000000504. The Labute approximate surface area is 313 Å². The van der Waals surface area contributed by atoms with Crippen molar-refractivity contribution in [2.24, 2.45) is 7.05 Å². The van der Waals surface area contributed by atoms with Crippen molar-refractivity contribution < 1.29 is 43.9 Å². The Morgan fingerprint density at radius 2 is 1.53 bits per heavy atom. The third kappa shape index (κ3) is 8.92. The minimum absolute atomic E-state index is 0.0756. The van der Waals surface area contributed by atoms with Gasteiger partial charge in [0.2, 0.25) is 0 Å². The van der Waals surface area contributed by atoms with Gasteiger partial charge >= 0.3 is 23.7 Å². The molecule has 0 spiro atoms. The first-order valence-corrected chi connectivity index (χ1v) is 19.3. The molecule has 6 aromatic rings. The summed E-state index contributed by atoms with van der Waals surface area (Å²) in [6, 6.07) is 23.1. The normalized spacial score (nSPS) is 11.7. The first kappa shape index (κ1) is 39.9. The third-order valence-electron chi connectivity index (χ3n) is 8.22. The van der Waals surface area contributed by atoms with E-state index < -0.39 is 43.4 Å². The second-order valence-corrected chi connectivity index (χ2v) is 15.4. The molecule has 0 aliphatic rings. The number of sulfone groups is 1. The van der Waals surface area contributed by atoms with Gasteiger partial charge in [0.25, 0.3) is 0 Å². The zero-order chi connectivity index (χ0) is 40.3. The van der Waals surface area contributed by atoms with Gasteiger partial charge in [-0.15, -0.1) is 0 Å². The van der Waals surface area contributed by atoms with Crippen molar-refractivity contribution in [3.05, 3.63) is 154 Å². The van der Waals surface area contributed by atoms with Crippen molar-refractivity contribution in [3.63, 3.8) is 0 Å². The highest BCUT2D eigenvalue weighted by Gasteiger charge is 2.34. The van der Waals surface area contributed by atoms with Crippen LogP contribution < -0.4 is 15.6 Å². The SMILES string of the molecule is O=S(=O)([O-])c1ccccc1.[C-]#[N+]c1ccc(-n2cc[n+](C)c2-c2c(C)n(-c3cccc(C(F)(F)F)c3)c(=O)n2C(=O)NCc2ccc(S(C)(=O)=O)cc2)cc1. The largest absolute Gasteiger partial charge is 0.744 e. The standard InChI is InChI=1S/C31H25F3N6O4S.C6H6O3S/c1-20-27(28-37(3)16-17-38(28)24-12-10-23(35-2)11-13-24)40(29(41)36-19-21-8-14-26(15-9-21)45(4,43)44)30(42)39(20)25-7-5-6-22(18-25)31(32,33)34;7-10(8,9)6-4-2-1-3-5-6/h5-18H,19H2,1,3-4H3;1-5H,(H,7,8,9). The van der Waals surface area contributed by atoms with Gasteiger partial charge in [-0.1, -0.05) is 48.5 Å². The zero-order valence-electron chi connectivity index (χ0n) is 29.2. The van der Waals surface area contributed by atoms with Crippen molar-refractivity contribution in [2.45, 2.75) is 29.4 Å². The van der Waals surface area contributed by atoms with Crippen molar-refractivity contribution in [3.8, 4) is 22.9 Å². The minimum Gasteiger partial charge on any atom is -0.744 e. The van der Waals surface area contributed by atoms with Gasteiger partial charge < -0.3 is 9.87 Å². The van der Waals surface area contributed by atoms with Crippen LogP contribution in [0.2, 0.25) is 0 Å². The maximum atomic E-state index is 14.0. The summed E-state index contributed by atoms with van der Waals surface area (Å²) in [5.74, 6) is 0.360. The predicted octanol–water partition coefficient (Wildman–Crippen LogP) is 5.55. The van der Waals surface area contributed by atoms with Crippen molar-refractivity contribution in [1.29, 1.82) is 0 Å². The van der Waals surface area contributed by atoms with E-state index in [1.165, 1.54) is 67.6 Å². The van der Waals surface area contributed by atoms with E-state index >= 15 is 0 Å². The molecule has 13 nitrogen and oxygen atoms in total. The van der Waals surface area contributed by atoms with Gasteiger partial charge in [0, 0.05) is 12.8 Å². The van der Waals surface area contributed by atoms with Gasteiger partial charge in [0.15, 0.2) is 21.2 Å². The number of imidazole rings is 2. The van der Waals surface area contributed by atoms with Gasteiger partial charge in [-0.3, -0.25) is 4.57 Å². The molecule has 55 heavy (non-hydrogen) atoms. The van der Waals surface area contributed by atoms with Gasteiger partial charge in [0.1, 0.15) is 28.2 Å². The van der Waals surface area contributed by atoms with Gasteiger partial charge in [-0.2, -0.15) is 17.7 Å². The molecule has 18 heteroatoms. The number of hydrogen-bond donors (Lipinski definition) is 1. The molecule has 0 atom stereocenters. The van der Waals surface area contributed by atoms with E-state index in [2.05, 4.69) is 10.2 Å². The lowest BCUT2D eigenvalue weighted by molar-refractivity contribution is -0.659. The second kappa shape index (κ2) is 15.6. The number of carbonyl (C=O) groups excluding carboxylic acids is 1. The van der Waals surface area contributed by atoms with Crippen LogP contribution in [0, 0.1) is 13.5 Å². The summed E-state index contributed by atoms with van der Waals surface area (Å²) >= 11 is 0. The molecule has 0 fully saturated rings. The van der Waals surface area contributed by atoms with Crippen LogP contribution in [0.15, 0.2) is 130 Å². The summed E-state index contributed by atoms with van der Waals surface area (Å²) in [4.78, 5) is 31.1. The summed E-state index contributed by atoms with van der Waals surface area (Å²) in [6.45, 7) is 8.69. The fourth-order valence-electron chi connectivity index (χ4n) is 5.54. The number of hydrogen-bond acceptors (Lipinski definition) is 7. The number of aryl methyl sites for hydroxylation is 1. The number of carbonyl (C=O) groups is 1. The average molecular weight is 793 g/mol. The van der Waals surface area contributed by atoms with Gasteiger partial charge in [0.05, 0.1) is 40.4 Å². The van der Waals surface area contributed by atoms with E-state index in [9.17, 15) is 44.1 Å². The molecule has 1 N–H and O–H groups in total. The minimum atomic E-state index is -4.67. The highest BCUT2D eigenvalue weighted by Crippen LogP contribution is 2.32. The maximum Gasteiger partial charge on any atom is 0.416 e. The van der Waals surface area contributed by atoms with E-state index in [0.29, 0.717) is 22.8 Å². The topological polar surface area (TPSA) is 161 Å². The molecule has 284 valence electrons. The van der Waals surface area contributed by atoms with Gasteiger partial charge in [-0.25, -0.2) is 40.4 Å². The number of alkyl halides is 3. The van der Waals surface area contributed by atoms with Crippen LogP contribution in [-0.2, 0) is 39.7 Å². The zero-order valence-corrected chi connectivity index (χ0v) is 30.9. The number of nitrogens with one attached hydrogen (secondary N) is 1. The number of amides is 1. The molecule has 0 aliphatic heterocycles. The van der Waals surface area contributed by atoms with E-state index in [4.69, 9.17) is 6.57 Å². The number of benzene rings is 4. The molecule has 0 aliphatic carbocycles.